The number of aryl methyl sites for hydroxylation is 1. The van der Waals surface area contributed by atoms with E-state index >= 15 is 0 Å². The molecule has 0 unspecified atom stereocenters. The third kappa shape index (κ3) is 3.33. The van der Waals surface area contributed by atoms with E-state index in [1.807, 2.05) is 13.2 Å². The van der Waals surface area contributed by atoms with Gasteiger partial charge in [-0.05, 0) is 20.1 Å². The van der Waals surface area contributed by atoms with Crippen molar-refractivity contribution in [1.29, 1.82) is 0 Å². The Bertz CT molecular complexity index is 342. The highest BCUT2D eigenvalue weighted by atomic mass is 32.2. The summed E-state index contributed by atoms with van der Waals surface area (Å²) in [4.78, 5) is 19.0. The summed E-state index contributed by atoms with van der Waals surface area (Å²) in [7, 11) is 0. The van der Waals surface area contributed by atoms with E-state index in [1.165, 1.54) is 18.7 Å². The molecule has 0 aliphatic heterocycles. The van der Waals surface area contributed by atoms with Gasteiger partial charge in [-0.15, -0.1) is 0 Å². The maximum absolute atomic E-state index is 10.7. The van der Waals surface area contributed by atoms with Crippen LogP contribution in [0.5, 0.6) is 5.88 Å². The van der Waals surface area contributed by atoms with E-state index < -0.39 is 0 Å². The molecule has 1 rings (SSSR count). The second kappa shape index (κ2) is 4.95. The van der Waals surface area contributed by atoms with Crippen LogP contribution in [-0.4, -0.2) is 28.6 Å². The monoisotopic (exact) mass is 212 g/mol. The summed E-state index contributed by atoms with van der Waals surface area (Å²) >= 11 is 1.44. The fourth-order valence-electron chi connectivity index (χ4n) is 0.854. The SMILES string of the molecule is CSc1nc(C)cc(OCC(C)=O)n1. The molecule has 0 fully saturated rings. The number of carbonyl (C=O) groups excluding carboxylic acids is 1. The molecule has 4 nitrogen and oxygen atoms in total. The van der Waals surface area contributed by atoms with E-state index in [-0.39, 0.29) is 12.4 Å². The fourth-order valence-corrected chi connectivity index (χ4v) is 1.27. The van der Waals surface area contributed by atoms with Crippen LogP contribution in [0.25, 0.3) is 0 Å². The molecule has 14 heavy (non-hydrogen) atoms. The van der Waals surface area contributed by atoms with Gasteiger partial charge in [-0.1, -0.05) is 11.8 Å². The van der Waals surface area contributed by atoms with Crippen molar-refractivity contribution in [2.24, 2.45) is 0 Å². The normalized spacial score (nSPS) is 9.93. The summed E-state index contributed by atoms with van der Waals surface area (Å²) < 4.78 is 5.18. The fraction of sp³-hybridized carbons (Fsp3) is 0.444. The van der Waals surface area contributed by atoms with E-state index in [1.54, 1.807) is 6.07 Å². The van der Waals surface area contributed by atoms with Crippen molar-refractivity contribution in [3.63, 3.8) is 0 Å². The van der Waals surface area contributed by atoms with Gasteiger partial charge in [0.25, 0.3) is 0 Å². The Balaban J connectivity index is 2.76. The van der Waals surface area contributed by atoms with Gasteiger partial charge in [0.15, 0.2) is 10.9 Å². The third-order valence-corrected chi connectivity index (χ3v) is 1.96. The van der Waals surface area contributed by atoms with Gasteiger partial charge in [0.1, 0.15) is 6.61 Å². The van der Waals surface area contributed by atoms with Crippen LogP contribution in [0, 0.1) is 6.92 Å². The number of carbonyl (C=O) groups is 1. The minimum absolute atomic E-state index is 0.0213. The molecule has 0 N–H and O–H groups in total. The zero-order chi connectivity index (χ0) is 10.6. The Morgan fingerprint density at radius 3 is 2.86 bits per heavy atom. The molecule has 5 heteroatoms. The molecule has 0 atom stereocenters. The molecule has 76 valence electrons. The molecule has 0 bridgehead atoms. The van der Waals surface area contributed by atoms with Crippen LogP contribution in [0.1, 0.15) is 12.6 Å². The minimum Gasteiger partial charge on any atom is -0.470 e. The van der Waals surface area contributed by atoms with Crippen molar-refractivity contribution in [1.82, 2.24) is 9.97 Å². The molecule has 0 saturated carbocycles. The Morgan fingerprint density at radius 2 is 2.29 bits per heavy atom. The van der Waals surface area contributed by atoms with Crippen LogP contribution >= 0.6 is 11.8 Å². The Labute approximate surface area is 87.1 Å². The van der Waals surface area contributed by atoms with E-state index in [0.29, 0.717) is 11.0 Å². The topological polar surface area (TPSA) is 52.1 Å². The van der Waals surface area contributed by atoms with E-state index in [4.69, 9.17) is 4.74 Å². The summed E-state index contributed by atoms with van der Waals surface area (Å²) in [5.74, 6) is 0.434. The van der Waals surface area contributed by atoms with Gasteiger partial charge in [-0.25, -0.2) is 4.98 Å². The molecule has 1 aromatic rings. The Morgan fingerprint density at radius 1 is 1.57 bits per heavy atom. The van der Waals surface area contributed by atoms with Gasteiger partial charge in [-0.3, -0.25) is 4.79 Å². The summed E-state index contributed by atoms with van der Waals surface area (Å²) in [6.07, 6.45) is 1.89. The van der Waals surface area contributed by atoms with Gasteiger partial charge in [0, 0.05) is 11.8 Å². The van der Waals surface area contributed by atoms with Crippen molar-refractivity contribution >= 4 is 17.5 Å². The predicted molar refractivity (Wildman–Crippen MR) is 54.7 cm³/mol. The lowest BCUT2D eigenvalue weighted by molar-refractivity contribution is -0.119. The molecule has 1 heterocycles. The smallest absolute Gasteiger partial charge is 0.217 e. The first kappa shape index (κ1) is 11.0. The molecule has 0 amide bonds. The van der Waals surface area contributed by atoms with Crippen molar-refractivity contribution in [3.8, 4) is 5.88 Å². The van der Waals surface area contributed by atoms with Crippen molar-refractivity contribution in [2.45, 2.75) is 19.0 Å². The molecular formula is C9H12N2O2S. The highest BCUT2D eigenvalue weighted by Gasteiger charge is 2.02. The van der Waals surface area contributed by atoms with Gasteiger partial charge in [0.05, 0.1) is 0 Å². The summed E-state index contributed by atoms with van der Waals surface area (Å²) in [6.45, 7) is 3.40. The number of ether oxygens (including phenoxy) is 1. The molecule has 0 spiro atoms. The van der Waals surface area contributed by atoms with Gasteiger partial charge < -0.3 is 4.74 Å². The first-order chi connectivity index (χ1) is 6.61. The number of hydrogen-bond acceptors (Lipinski definition) is 5. The summed E-state index contributed by atoms with van der Waals surface area (Å²) in [6, 6.07) is 1.71. The molecular weight excluding hydrogens is 200 g/mol. The number of nitrogens with zero attached hydrogens (tertiary/aromatic N) is 2. The van der Waals surface area contributed by atoms with Crippen molar-refractivity contribution < 1.29 is 9.53 Å². The van der Waals surface area contributed by atoms with Crippen LogP contribution in [0.15, 0.2) is 11.2 Å². The van der Waals surface area contributed by atoms with Crippen LogP contribution in [0.2, 0.25) is 0 Å². The lowest BCUT2D eigenvalue weighted by Crippen LogP contribution is -2.08. The third-order valence-electron chi connectivity index (χ3n) is 1.42. The second-order valence-electron chi connectivity index (χ2n) is 2.82. The van der Waals surface area contributed by atoms with E-state index in [0.717, 1.165) is 5.69 Å². The largest absolute Gasteiger partial charge is 0.470 e. The van der Waals surface area contributed by atoms with Crippen molar-refractivity contribution in [3.05, 3.63) is 11.8 Å². The zero-order valence-corrected chi connectivity index (χ0v) is 9.22. The summed E-state index contributed by atoms with van der Waals surface area (Å²) in [5, 5.41) is 0.656. The van der Waals surface area contributed by atoms with Gasteiger partial charge in [0.2, 0.25) is 5.88 Å². The van der Waals surface area contributed by atoms with E-state index in [2.05, 4.69) is 9.97 Å². The molecule has 0 aromatic carbocycles. The van der Waals surface area contributed by atoms with Crippen LogP contribution in [-0.2, 0) is 4.79 Å². The first-order valence-electron chi connectivity index (χ1n) is 4.13. The Kier molecular flexibility index (Phi) is 3.88. The lowest BCUT2D eigenvalue weighted by atomic mass is 10.4. The maximum atomic E-state index is 10.7. The van der Waals surface area contributed by atoms with Crippen LogP contribution in [0.3, 0.4) is 0 Å². The highest BCUT2D eigenvalue weighted by molar-refractivity contribution is 7.98. The minimum atomic E-state index is -0.0213. The summed E-state index contributed by atoms with van der Waals surface area (Å²) in [5.41, 5.74) is 0.836. The number of Topliss-reactive ketones (excluding diaryl/α,β-unsaturated/α-hetero) is 1. The molecule has 0 radical (unpaired) electrons. The average Bonchev–Trinajstić information content (AvgIpc) is 2.14. The number of hydrogen-bond donors (Lipinski definition) is 0. The highest BCUT2D eigenvalue weighted by Crippen LogP contribution is 2.15. The van der Waals surface area contributed by atoms with Gasteiger partial charge in [-0.2, -0.15) is 4.98 Å². The molecule has 0 aliphatic rings. The molecule has 1 aromatic heterocycles. The number of rotatable bonds is 4. The molecule has 0 saturated heterocycles. The average molecular weight is 212 g/mol. The second-order valence-corrected chi connectivity index (χ2v) is 3.60. The lowest BCUT2D eigenvalue weighted by Gasteiger charge is -2.04. The van der Waals surface area contributed by atoms with Crippen molar-refractivity contribution in [2.75, 3.05) is 12.9 Å². The van der Waals surface area contributed by atoms with E-state index in [9.17, 15) is 4.79 Å². The van der Waals surface area contributed by atoms with Crippen LogP contribution in [0.4, 0.5) is 0 Å². The molecule has 0 aliphatic carbocycles. The zero-order valence-electron chi connectivity index (χ0n) is 8.40. The number of ketones is 1. The predicted octanol–water partition coefficient (Wildman–Crippen LogP) is 1.47. The number of aromatic nitrogens is 2. The standard InChI is InChI=1S/C9H12N2O2S/c1-6-4-8(13-5-7(2)12)11-9(10-6)14-3/h4H,5H2,1-3H3. The number of thioether (sulfide) groups is 1. The van der Waals surface area contributed by atoms with Gasteiger partial charge >= 0.3 is 0 Å². The first-order valence-corrected chi connectivity index (χ1v) is 5.36. The maximum Gasteiger partial charge on any atom is 0.217 e. The Hall–Kier alpha value is -1.10. The quantitative estimate of drug-likeness (QED) is 0.559. The van der Waals surface area contributed by atoms with Crippen LogP contribution < -0.4 is 4.74 Å².